The Morgan fingerprint density at radius 1 is 1.29 bits per heavy atom. The van der Waals surface area contributed by atoms with Gasteiger partial charge in [-0.3, -0.25) is 0 Å². The van der Waals surface area contributed by atoms with Gasteiger partial charge in [0.1, 0.15) is 17.7 Å². The Balaban J connectivity index is 1.96. The third kappa shape index (κ3) is 4.26. The first-order valence-electron chi connectivity index (χ1n) is 6.67. The Hall–Kier alpha value is -2.45. The number of pyridine rings is 1. The number of nitrogens with one attached hydrogen (secondary N) is 1. The van der Waals surface area contributed by atoms with Crippen LogP contribution in [0.15, 0.2) is 42.6 Å². The van der Waals surface area contributed by atoms with Crippen LogP contribution in [-0.2, 0) is 6.42 Å². The van der Waals surface area contributed by atoms with E-state index < -0.39 is 0 Å². The van der Waals surface area contributed by atoms with Crippen molar-refractivity contribution in [3.05, 3.63) is 59.5 Å². The summed E-state index contributed by atoms with van der Waals surface area (Å²) in [5.74, 6) is 0.200. The number of nitrogens with zero attached hydrogens (tertiary/aromatic N) is 2. The number of hydrogen-bond acceptors (Lipinski definition) is 4. The molecular formula is C16H16FN3O. The second-order valence-corrected chi connectivity index (χ2v) is 4.77. The number of aliphatic hydroxyl groups excluding tert-OH is 1. The van der Waals surface area contributed by atoms with Crippen molar-refractivity contribution < 1.29 is 9.50 Å². The molecule has 0 bridgehead atoms. The van der Waals surface area contributed by atoms with E-state index >= 15 is 0 Å². The molecule has 0 saturated heterocycles. The number of aliphatic hydroxyl groups is 1. The largest absolute Gasteiger partial charge is 0.396 e. The van der Waals surface area contributed by atoms with Crippen molar-refractivity contribution in [3.63, 3.8) is 0 Å². The predicted octanol–water partition coefficient (Wildman–Crippen LogP) is 2.36. The molecule has 4 nitrogen and oxygen atoms in total. The molecule has 2 aromatic rings. The Labute approximate surface area is 122 Å². The fourth-order valence-electron chi connectivity index (χ4n) is 2.03. The van der Waals surface area contributed by atoms with E-state index in [1.807, 2.05) is 0 Å². The summed E-state index contributed by atoms with van der Waals surface area (Å²) in [6, 6.07) is 11.7. The zero-order valence-electron chi connectivity index (χ0n) is 11.5. The Kier molecular flexibility index (Phi) is 5.24. The van der Waals surface area contributed by atoms with E-state index in [0.717, 1.165) is 5.56 Å². The Bertz CT molecular complexity index is 622. The van der Waals surface area contributed by atoms with Crippen LogP contribution in [-0.4, -0.2) is 23.2 Å². The average Bonchev–Trinajstić information content (AvgIpc) is 2.53. The maximum absolute atomic E-state index is 12.9. The number of hydrogen-bond donors (Lipinski definition) is 2. The SMILES string of the molecule is N#Cc1cccnc1NC[C@H](CO)Cc1ccc(F)cc1. The molecule has 1 atom stereocenters. The van der Waals surface area contributed by atoms with Gasteiger partial charge in [-0.1, -0.05) is 12.1 Å². The molecule has 108 valence electrons. The Morgan fingerprint density at radius 3 is 2.71 bits per heavy atom. The zero-order valence-corrected chi connectivity index (χ0v) is 11.5. The molecule has 0 radical (unpaired) electrons. The van der Waals surface area contributed by atoms with Gasteiger partial charge in [-0.05, 0) is 36.2 Å². The monoisotopic (exact) mass is 285 g/mol. The summed E-state index contributed by atoms with van der Waals surface area (Å²) in [5.41, 5.74) is 1.43. The van der Waals surface area contributed by atoms with Gasteiger partial charge in [0.25, 0.3) is 0 Å². The molecule has 0 aliphatic carbocycles. The molecule has 0 aliphatic heterocycles. The summed E-state index contributed by atoms with van der Waals surface area (Å²) in [4.78, 5) is 4.11. The first kappa shape index (κ1) is 14.9. The number of benzene rings is 1. The molecule has 0 aliphatic rings. The molecule has 5 heteroatoms. The van der Waals surface area contributed by atoms with Crippen LogP contribution in [0.25, 0.3) is 0 Å². The number of nitriles is 1. The maximum atomic E-state index is 12.9. The van der Waals surface area contributed by atoms with Gasteiger partial charge >= 0.3 is 0 Å². The van der Waals surface area contributed by atoms with E-state index in [4.69, 9.17) is 5.26 Å². The standard InChI is InChI=1S/C16H16FN3O/c17-15-5-3-12(4-6-15)8-13(11-21)10-20-16-14(9-18)2-1-7-19-16/h1-7,13,21H,8,10-11H2,(H,19,20)/t13-/m1/s1. The van der Waals surface area contributed by atoms with Crippen LogP contribution in [0.5, 0.6) is 0 Å². The van der Waals surface area contributed by atoms with Gasteiger partial charge in [0, 0.05) is 25.3 Å². The van der Waals surface area contributed by atoms with E-state index in [1.165, 1.54) is 12.1 Å². The van der Waals surface area contributed by atoms with Crippen LogP contribution in [0.1, 0.15) is 11.1 Å². The molecule has 1 heterocycles. The molecule has 2 N–H and O–H groups in total. The maximum Gasteiger partial charge on any atom is 0.143 e. The first-order chi connectivity index (χ1) is 10.2. The molecule has 21 heavy (non-hydrogen) atoms. The number of rotatable bonds is 6. The second kappa shape index (κ2) is 7.36. The quantitative estimate of drug-likeness (QED) is 0.855. The third-order valence-corrected chi connectivity index (χ3v) is 3.18. The molecule has 2 rings (SSSR count). The second-order valence-electron chi connectivity index (χ2n) is 4.77. The third-order valence-electron chi connectivity index (χ3n) is 3.18. The van der Waals surface area contributed by atoms with Crippen LogP contribution in [0.4, 0.5) is 10.2 Å². The molecular weight excluding hydrogens is 269 g/mol. The van der Waals surface area contributed by atoms with E-state index in [9.17, 15) is 9.50 Å². The molecule has 0 spiro atoms. The smallest absolute Gasteiger partial charge is 0.143 e. The lowest BCUT2D eigenvalue weighted by molar-refractivity contribution is 0.232. The lowest BCUT2D eigenvalue weighted by Gasteiger charge is -2.16. The lowest BCUT2D eigenvalue weighted by Crippen LogP contribution is -2.21. The van der Waals surface area contributed by atoms with Gasteiger partial charge in [0.2, 0.25) is 0 Å². The topological polar surface area (TPSA) is 68.9 Å². The lowest BCUT2D eigenvalue weighted by atomic mass is 10.00. The van der Waals surface area contributed by atoms with Gasteiger partial charge in [-0.15, -0.1) is 0 Å². The first-order valence-corrected chi connectivity index (χ1v) is 6.67. The zero-order chi connectivity index (χ0) is 15.1. The van der Waals surface area contributed by atoms with Gasteiger partial charge in [-0.25, -0.2) is 9.37 Å². The van der Waals surface area contributed by atoms with Crippen molar-refractivity contribution in [3.8, 4) is 6.07 Å². The van der Waals surface area contributed by atoms with Crippen molar-refractivity contribution in [1.82, 2.24) is 4.98 Å². The molecule has 0 saturated carbocycles. The van der Waals surface area contributed by atoms with Crippen molar-refractivity contribution in [2.24, 2.45) is 5.92 Å². The van der Waals surface area contributed by atoms with Crippen molar-refractivity contribution >= 4 is 5.82 Å². The van der Waals surface area contributed by atoms with Gasteiger partial charge < -0.3 is 10.4 Å². The highest BCUT2D eigenvalue weighted by Gasteiger charge is 2.10. The average molecular weight is 285 g/mol. The number of halogens is 1. The summed E-state index contributed by atoms with van der Waals surface area (Å²) in [6.45, 7) is 0.485. The van der Waals surface area contributed by atoms with Crippen molar-refractivity contribution in [1.29, 1.82) is 5.26 Å². The highest BCUT2D eigenvalue weighted by Crippen LogP contribution is 2.13. The highest BCUT2D eigenvalue weighted by atomic mass is 19.1. The summed E-state index contributed by atoms with van der Waals surface area (Å²) in [6.07, 6.45) is 2.23. The van der Waals surface area contributed by atoms with Crippen LogP contribution >= 0.6 is 0 Å². The summed E-state index contributed by atoms with van der Waals surface area (Å²) in [7, 11) is 0. The molecule has 1 aromatic heterocycles. The van der Waals surface area contributed by atoms with Crippen LogP contribution in [0, 0.1) is 23.1 Å². The predicted molar refractivity (Wildman–Crippen MR) is 78.1 cm³/mol. The van der Waals surface area contributed by atoms with Crippen molar-refractivity contribution in [2.75, 3.05) is 18.5 Å². The highest BCUT2D eigenvalue weighted by molar-refractivity contribution is 5.51. The number of aromatic nitrogens is 1. The fraction of sp³-hybridized carbons (Fsp3) is 0.250. The minimum absolute atomic E-state index is 0.000896. The Morgan fingerprint density at radius 2 is 2.05 bits per heavy atom. The van der Waals surface area contributed by atoms with Crippen molar-refractivity contribution in [2.45, 2.75) is 6.42 Å². The summed E-state index contributed by atoms with van der Waals surface area (Å²) in [5, 5.41) is 21.5. The molecule has 0 amide bonds. The van der Waals surface area contributed by atoms with E-state index in [-0.39, 0.29) is 18.3 Å². The van der Waals surface area contributed by atoms with Gasteiger partial charge in [0.05, 0.1) is 5.56 Å². The van der Waals surface area contributed by atoms with Crippen LogP contribution in [0.3, 0.4) is 0 Å². The van der Waals surface area contributed by atoms with E-state index in [1.54, 1.807) is 30.5 Å². The van der Waals surface area contributed by atoms with Gasteiger partial charge in [-0.2, -0.15) is 5.26 Å². The van der Waals surface area contributed by atoms with E-state index in [2.05, 4.69) is 16.4 Å². The molecule has 0 fully saturated rings. The van der Waals surface area contributed by atoms with Gasteiger partial charge in [0.15, 0.2) is 0 Å². The number of anilines is 1. The summed E-state index contributed by atoms with van der Waals surface area (Å²) >= 11 is 0. The normalized spacial score (nSPS) is 11.7. The van der Waals surface area contributed by atoms with Crippen LogP contribution in [0.2, 0.25) is 0 Å². The van der Waals surface area contributed by atoms with E-state index in [0.29, 0.717) is 24.3 Å². The molecule has 1 aromatic carbocycles. The minimum Gasteiger partial charge on any atom is -0.396 e. The fourth-order valence-corrected chi connectivity index (χ4v) is 2.03. The molecule has 0 unspecified atom stereocenters. The summed E-state index contributed by atoms with van der Waals surface area (Å²) < 4.78 is 12.9. The minimum atomic E-state index is -0.274. The van der Waals surface area contributed by atoms with Crippen LogP contribution < -0.4 is 5.32 Å².